The molecule has 0 spiro atoms. The predicted molar refractivity (Wildman–Crippen MR) is 75.7 cm³/mol. The quantitative estimate of drug-likeness (QED) is 0.789. The fraction of sp³-hybridized carbons (Fsp3) is 0.933. The molecule has 1 aliphatic carbocycles. The summed E-state index contributed by atoms with van der Waals surface area (Å²) in [6.45, 7) is 8.94. The molecule has 0 radical (unpaired) electrons. The number of likely N-dealkylation sites (tertiary alicyclic amines) is 1. The monoisotopic (exact) mass is 268 g/mol. The van der Waals surface area contributed by atoms with Crippen molar-refractivity contribution in [2.24, 2.45) is 17.8 Å². The number of nitrogens with one attached hydrogen (secondary N) is 1. The van der Waals surface area contributed by atoms with E-state index in [0.717, 1.165) is 38.9 Å². The lowest BCUT2D eigenvalue weighted by Gasteiger charge is -2.24. The number of nitrogens with zero attached hydrogens (tertiary/aromatic N) is 1. The number of aliphatic hydroxyl groups excluding tert-OH is 1. The van der Waals surface area contributed by atoms with E-state index in [1.54, 1.807) is 0 Å². The highest BCUT2D eigenvalue weighted by molar-refractivity contribution is 5.81. The van der Waals surface area contributed by atoms with Crippen LogP contribution in [0, 0.1) is 17.8 Å². The SMILES string of the molecule is CC(C)CCNC(=O)C(C)N1CC2CCC(O)C2C1. The highest BCUT2D eigenvalue weighted by atomic mass is 16.3. The van der Waals surface area contributed by atoms with Crippen LogP contribution in [-0.2, 0) is 4.79 Å². The molecule has 4 unspecified atom stereocenters. The van der Waals surface area contributed by atoms with Crippen molar-refractivity contribution in [2.75, 3.05) is 19.6 Å². The minimum absolute atomic E-state index is 0.0648. The molecule has 4 heteroatoms. The molecular formula is C15H28N2O2. The number of rotatable bonds is 5. The molecule has 1 saturated carbocycles. The third-order valence-electron chi connectivity index (χ3n) is 4.80. The van der Waals surface area contributed by atoms with Gasteiger partial charge in [0.1, 0.15) is 0 Å². The van der Waals surface area contributed by atoms with E-state index in [-0.39, 0.29) is 18.1 Å². The fourth-order valence-corrected chi connectivity index (χ4v) is 3.38. The van der Waals surface area contributed by atoms with Crippen LogP contribution in [-0.4, -0.2) is 47.7 Å². The Morgan fingerprint density at radius 1 is 1.32 bits per heavy atom. The van der Waals surface area contributed by atoms with Gasteiger partial charge in [0, 0.05) is 25.6 Å². The Morgan fingerprint density at radius 2 is 2.05 bits per heavy atom. The summed E-state index contributed by atoms with van der Waals surface area (Å²) in [6, 6.07) is -0.0648. The molecule has 4 nitrogen and oxygen atoms in total. The van der Waals surface area contributed by atoms with E-state index in [0.29, 0.717) is 17.8 Å². The van der Waals surface area contributed by atoms with Gasteiger partial charge in [-0.25, -0.2) is 0 Å². The summed E-state index contributed by atoms with van der Waals surface area (Å²) in [5.74, 6) is 1.75. The Hall–Kier alpha value is -0.610. The third kappa shape index (κ3) is 3.48. The number of aliphatic hydroxyl groups is 1. The van der Waals surface area contributed by atoms with Crippen molar-refractivity contribution in [3.63, 3.8) is 0 Å². The van der Waals surface area contributed by atoms with E-state index in [1.165, 1.54) is 0 Å². The van der Waals surface area contributed by atoms with Crippen LogP contribution in [0.2, 0.25) is 0 Å². The standard InChI is InChI=1S/C15H28N2O2/c1-10(2)6-7-16-15(19)11(3)17-8-12-4-5-14(18)13(12)9-17/h10-14,18H,4-9H2,1-3H3,(H,16,19). The minimum Gasteiger partial charge on any atom is -0.393 e. The highest BCUT2D eigenvalue weighted by Gasteiger charge is 2.43. The summed E-state index contributed by atoms with van der Waals surface area (Å²) >= 11 is 0. The van der Waals surface area contributed by atoms with Crippen LogP contribution in [0.3, 0.4) is 0 Å². The summed E-state index contributed by atoms with van der Waals surface area (Å²) < 4.78 is 0. The van der Waals surface area contributed by atoms with Crippen molar-refractivity contribution in [2.45, 2.75) is 52.2 Å². The Labute approximate surface area is 116 Å². The first-order chi connectivity index (χ1) is 8.99. The molecule has 0 aromatic rings. The molecule has 2 fully saturated rings. The molecule has 2 aliphatic rings. The second-order valence-electron chi connectivity index (χ2n) is 6.67. The van der Waals surface area contributed by atoms with Crippen molar-refractivity contribution in [1.29, 1.82) is 0 Å². The Kier molecular flexibility index (Phi) is 4.85. The average molecular weight is 268 g/mol. The van der Waals surface area contributed by atoms with Crippen LogP contribution < -0.4 is 5.32 Å². The number of hydrogen-bond acceptors (Lipinski definition) is 3. The summed E-state index contributed by atoms with van der Waals surface area (Å²) in [5.41, 5.74) is 0. The van der Waals surface area contributed by atoms with Gasteiger partial charge in [0.15, 0.2) is 0 Å². The van der Waals surface area contributed by atoms with Gasteiger partial charge in [0.25, 0.3) is 0 Å². The Morgan fingerprint density at radius 3 is 2.68 bits per heavy atom. The molecule has 1 saturated heterocycles. The average Bonchev–Trinajstić information content (AvgIpc) is 2.90. The molecule has 0 aromatic heterocycles. The second kappa shape index (κ2) is 6.23. The number of fused-ring (bicyclic) bond motifs is 1. The van der Waals surface area contributed by atoms with E-state index in [2.05, 4.69) is 24.1 Å². The highest BCUT2D eigenvalue weighted by Crippen LogP contribution is 2.38. The van der Waals surface area contributed by atoms with Gasteiger partial charge in [-0.1, -0.05) is 13.8 Å². The van der Waals surface area contributed by atoms with Gasteiger partial charge in [-0.05, 0) is 38.0 Å². The van der Waals surface area contributed by atoms with Gasteiger partial charge in [0.05, 0.1) is 12.1 Å². The maximum atomic E-state index is 12.1. The molecule has 4 atom stereocenters. The normalized spacial score (nSPS) is 32.6. The van der Waals surface area contributed by atoms with Gasteiger partial charge in [-0.2, -0.15) is 0 Å². The smallest absolute Gasteiger partial charge is 0.237 e. The maximum Gasteiger partial charge on any atom is 0.237 e. The third-order valence-corrected chi connectivity index (χ3v) is 4.80. The largest absolute Gasteiger partial charge is 0.393 e. The molecule has 0 aromatic carbocycles. The van der Waals surface area contributed by atoms with Crippen LogP contribution in [0.5, 0.6) is 0 Å². The molecule has 19 heavy (non-hydrogen) atoms. The topological polar surface area (TPSA) is 52.6 Å². The van der Waals surface area contributed by atoms with E-state index < -0.39 is 0 Å². The van der Waals surface area contributed by atoms with Crippen molar-refractivity contribution < 1.29 is 9.90 Å². The summed E-state index contributed by atoms with van der Waals surface area (Å²) in [6.07, 6.45) is 2.94. The zero-order valence-electron chi connectivity index (χ0n) is 12.4. The lowest BCUT2D eigenvalue weighted by molar-refractivity contribution is -0.125. The minimum atomic E-state index is -0.147. The summed E-state index contributed by atoms with van der Waals surface area (Å²) in [4.78, 5) is 14.3. The fourth-order valence-electron chi connectivity index (χ4n) is 3.38. The molecule has 2 N–H and O–H groups in total. The molecule has 1 heterocycles. The van der Waals surface area contributed by atoms with E-state index in [9.17, 15) is 9.90 Å². The van der Waals surface area contributed by atoms with Gasteiger partial charge in [-0.15, -0.1) is 0 Å². The molecule has 2 rings (SSSR count). The first-order valence-corrected chi connectivity index (χ1v) is 7.69. The zero-order chi connectivity index (χ0) is 14.0. The van der Waals surface area contributed by atoms with Crippen LogP contribution in [0.4, 0.5) is 0 Å². The van der Waals surface area contributed by atoms with E-state index in [1.807, 2.05) is 6.92 Å². The van der Waals surface area contributed by atoms with Crippen LogP contribution >= 0.6 is 0 Å². The van der Waals surface area contributed by atoms with Gasteiger partial charge in [-0.3, -0.25) is 9.69 Å². The number of carbonyl (C=O) groups is 1. The maximum absolute atomic E-state index is 12.1. The van der Waals surface area contributed by atoms with Crippen molar-refractivity contribution >= 4 is 5.91 Å². The van der Waals surface area contributed by atoms with Crippen molar-refractivity contribution in [3.05, 3.63) is 0 Å². The van der Waals surface area contributed by atoms with Gasteiger partial charge >= 0.3 is 0 Å². The zero-order valence-corrected chi connectivity index (χ0v) is 12.4. The number of amides is 1. The first kappa shape index (κ1) is 14.8. The number of carbonyl (C=O) groups excluding carboxylic acids is 1. The summed E-state index contributed by atoms with van der Waals surface area (Å²) in [5, 5.41) is 12.9. The molecule has 110 valence electrons. The Bertz CT molecular complexity index is 319. The van der Waals surface area contributed by atoms with Gasteiger partial charge < -0.3 is 10.4 Å². The summed E-state index contributed by atoms with van der Waals surface area (Å²) in [7, 11) is 0. The van der Waals surface area contributed by atoms with Crippen LogP contribution in [0.15, 0.2) is 0 Å². The lowest BCUT2D eigenvalue weighted by atomic mass is 10.00. The molecule has 1 amide bonds. The molecule has 0 bridgehead atoms. The molecular weight excluding hydrogens is 240 g/mol. The van der Waals surface area contributed by atoms with Crippen molar-refractivity contribution in [1.82, 2.24) is 10.2 Å². The first-order valence-electron chi connectivity index (χ1n) is 7.69. The number of hydrogen-bond donors (Lipinski definition) is 2. The van der Waals surface area contributed by atoms with E-state index in [4.69, 9.17) is 0 Å². The van der Waals surface area contributed by atoms with Crippen molar-refractivity contribution in [3.8, 4) is 0 Å². The predicted octanol–water partition coefficient (Wildman–Crippen LogP) is 1.24. The van der Waals surface area contributed by atoms with Crippen LogP contribution in [0.1, 0.15) is 40.0 Å². The van der Waals surface area contributed by atoms with Gasteiger partial charge in [0.2, 0.25) is 5.91 Å². The Balaban J connectivity index is 1.77. The van der Waals surface area contributed by atoms with Crippen LogP contribution in [0.25, 0.3) is 0 Å². The molecule has 1 aliphatic heterocycles. The lowest BCUT2D eigenvalue weighted by Crippen LogP contribution is -2.45. The van der Waals surface area contributed by atoms with E-state index >= 15 is 0 Å². The second-order valence-corrected chi connectivity index (χ2v) is 6.67.